The van der Waals surface area contributed by atoms with Gasteiger partial charge in [-0.1, -0.05) is 27.2 Å². The standard InChI is InChI=1S/C22H28N4O2/c1-14(2)18-10-5-15(3)13-19(18)21(28)25-17-8-6-16(7-9-17)20(27)26-22-23-11-4-12-24-22/h4,6-9,11-12,14-15,18-19H,5,10,13H2,1-3H3,(H,25,28)(H,23,24,26,27). The summed E-state index contributed by atoms with van der Waals surface area (Å²) in [5, 5.41) is 5.68. The van der Waals surface area contributed by atoms with E-state index in [-0.39, 0.29) is 23.7 Å². The number of rotatable bonds is 5. The Kier molecular flexibility index (Phi) is 6.39. The van der Waals surface area contributed by atoms with Crippen molar-refractivity contribution in [1.82, 2.24) is 9.97 Å². The third kappa shape index (κ3) is 4.94. The van der Waals surface area contributed by atoms with E-state index in [0.717, 1.165) is 12.8 Å². The number of amides is 2. The second-order valence-electron chi connectivity index (χ2n) is 8.03. The van der Waals surface area contributed by atoms with Crippen LogP contribution in [0.4, 0.5) is 11.6 Å². The predicted molar refractivity (Wildman–Crippen MR) is 110 cm³/mol. The molecule has 0 saturated heterocycles. The number of nitrogens with zero attached hydrogens (tertiary/aromatic N) is 2. The Bertz CT molecular complexity index is 805. The maximum absolute atomic E-state index is 12.9. The van der Waals surface area contributed by atoms with Gasteiger partial charge in [0.05, 0.1) is 0 Å². The fourth-order valence-electron chi connectivity index (χ4n) is 3.98. The van der Waals surface area contributed by atoms with Gasteiger partial charge < -0.3 is 5.32 Å². The average molecular weight is 380 g/mol. The van der Waals surface area contributed by atoms with Crippen LogP contribution in [0.25, 0.3) is 0 Å². The van der Waals surface area contributed by atoms with E-state index in [9.17, 15) is 9.59 Å². The highest BCUT2D eigenvalue weighted by atomic mass is 16.2. The third-order valence-corrected chi connectivity index (χ3v) is 5.56. The van der Waals surface area contributed by atoms with Crippen LogP contribution in [-0.2, 0) is 4.79 Å². The van der Waals surface area contributed by atoms with Crippen molar-refractivity contribution in [1.29, 1.82) is 0 Å². The molecule has 1 saturated carbocycles. The molecule has 0 aliphatic heterocycles. The smallest absolute Gasteiger partial charge is 0.258 e. The molecule has 0 radical (unpaired) electrons. The monoisotopic (exact) mass is 380 g/mol. The van der Waals surface area contributed by atoms with E-state index in [1.807, 2.05) is 0 Å². The van der Waals surface area contributed by atoms with Crippen LogP contribution >= 0.6 is 0 Å². The Morgan fingerprint density at radius 1 is 1.04 bits per heavy atom. The van der Waals surface area contributed by atoms with Gasteiger partial charge in [-0.3, -0.25) is 14.9 Å². The van der Waals surface area contributed by atoms with Crippen LogP contribution in [0.5, 0.6) is 0 Å². The molecule has 2 amide bonds. The summed E-state index contributed by atoms with van der Waals surface area (Å²) >= 11 is 0. The second-order valence-corrected chi connectivity index (χ2v) is 8.03. The van der Waals surface area contributed by atoms with E-state index in [1.165, 1.54) is 6.42 Å². The Labute approximate surface area is 166 Å². The largest absolute Gasteiger partial charge is 0.326 e. The van der Waals surface area contributed by atoms with Gasteiger partial charge in [-0.25, -0.2) is 9.97 Å². The zero-order chi connectivity index (χ0) is 20.1. The van der Waals surface area contributed by atoms with Crippen molar-refractivity contribution in [2.75, 3.05) is 10.6 Å². The highest BCUT2D eigenvalue weighted by molar-refractivity contribution is 6.03. The molecule has 0 bridgehead atoms. The summed E-state index contributed by atoms with van der Waals surface area (Å²) in [5.41, 5.74) is 1.19. The minimum absolute atomic E-state index is 0.0435. The zero-order valence-electron chi connectivity index (χ0n) is 16.7. The Hall–Kier alpha value is -2.76. The Morgan fingerprint density at radius 3 is 2.36 bits per heavy atom. The van der Waals surface area contributed by atoms with Gasteiger partial charge >= 0.3 is 0 Å². The molecule has 3 rings (SSSR count). The van der Waals surface area contributed by atoms with Crippen LogP contribution in [0.3, 0.4) is 0 Å². The molecule has 3 unspecified atom stereocenters. The highest BCUT2D eigenvalue weighted by Crippen LogP contribution is 2.38. The lowest BCUT2D eigenvalue weighted by molar-refractivity contribution is -0.123. The molecule has 2 aromatic rings. The van der Waals surface area contributed by atoms with Gasteiger partial charge in [0.15, 0.2) is 0 Å². The average Bonchev–Trinajstić information content (AvgIpc) is 2.69. The first-order chi connectivity index (χ1) is 13.4. The number of carbonyl (C=O) groups excluding carboxylic acids is 2. The molecule has 2 N–H and O–H groups in total. The van der Waals surface area contributed by atoms with E-state index in [0.29, 0.717) is 29.0 Å². The number of benzene rings is 1. The molecule has 1 aliphatic carbocycles. The summed E-state index contributed by atoms with van der Waals surface area (Å²) in [6.45, 7) is 6.62. The minimum atomic E-state index is -0.287. The van der Waals surface area contributed by atoms with Crippen molar-refractivity contribution in [3.63, 3.8) is 0 Å². The van der Waals surface area contributed by atoms with E-state index in [4.69, 9.17) is 0 Å². The molecule has 6 heteroatoms. The third-order valence-electron chi connectivity index (χ3n) is 5.56. The maximum atomic E-state index is 12.9. The quantitative estimate of drug-likeness (QED) is 0.806. The van der Waals surface area contributed by atoms with Crippen molar-refractivity contribution < 1.29 is 9.59 Å². The highest BCUT2D eigenvalue weighted by Gasteiger charge is 2.35. The van der Waals surface area contributed by atoms with Crippen LogP contribution in [0.15, 0.2) is 42.7 Å². The van der Waals surface area contributed by atoms with E-state index >= 15 is 0 Å². The van der Waals surface area contributed by atoms with Gasteiger partial charge in [-0.15, -0.1) is 0 Å². The van der Waals surface area contributed by atoms with Gasteiger partial charge in [0.25, 0.3) is 5.91 Å². The van der Waals surface area contributed by atoms with Crippen LogP contribution in [0, 0.1) is 23.7 Å². The van der Waals surface area contributed by atoms with Gasteiger partial charge in [0.2, 0.25) is 11.9 Å². The van der Waals surface area contributed by atoms with Gasteiger partial charge in [0.1, 0.15) is 0 Å². The molecule has 3 atom stereocenters. The van der Waals surface area contributed by atoms with E-state index in [1.54, 1.807) is 42.7 Å². The Morgan fingerprint density at radius 2 is 1.71 bits per heavy atom. The number of nitrogens with one attached hydrogen (secondary N) is 2. The lowest BCUT2D eigenvalue weighted by Gasteiger charge is -2.36. The normalized spacial score (nSPS) is 21.9. The van der Waals surface area contributed by atoms with Crippen molar-refractivity contribution in [2.45, 2.75) is 40.0 Å². The topological polar surface area (TPSA) is 84.0 Å². The summed E-state index contributed by atoms with van der Waals surface area (Å²) < 4.78 is 0. The number of carbonyl (C=O) groups is 2. The molecular weight excluding hydrogens is 352 g/mol. The fraction of sp³-hybridized carbons (Fsp3) is 0.455. The maximum Gasteiger partial charge on any atom is 0.258 e. The first kappa shape index (κ1) is 20.0. The molecular formula is C22H28N4O2. The number of anilines is 2. The van der Waals surface area contributed by atoms with Gasteiger partial charge in [-0.05, 0) is 60.9 Å². The van der Waals surface area contributed by atoms with E-state index < -0.39 is 0 Å². The summed E-state index contributed by atoms with van der Waals surface area (Å²) in [6.07, 6.45) is 6.38. The number of hydrogen-bond acceptors (Lipinski definition) is 4. The lowest BCUT2D eigenvalue weighted by atomic mass is 9.70. The molecule has 1 aliphatic rings. The molecule has 148 valence electrons. The molecule has 1 aromatic carbocycles. The molecule has 6 nitrogen and oxygen atoms in total. The van der Waals surface area contributed by atoms with Crippen molar-refractivity contribution in [2.24, 2.45) is 23.7 Å². The summed E-state index contributed by atoms with van der Waals surface area (Å²) in [7, 11) is 0. The van der Waals surface area contributed by atoms with Gasteiger partial charge in [0, 0.05) is 29.6 Å². The first-order valence-electron chi connectivity index (χ1n) is 9.93. The number of hydrogen-bond donors (Lipinski definition) is 2. The lowest BCUT2D eigenvalue weighted by Crippen LogP contribution is -2.36. The molecule has 1 aromatic heterocycles. The zero-order valence-corrected chi connectivity index (χ0v) is 16.7. The van der Waals surface area contributed by atoms with Crippen LogP contribution in [0.1, 0.15) is 50.4 Å². The molecule has 0 spiro atoms. The van der Waals surface area contributed by atoms with Crippen LogP contribution in [0.2, 0.25) is 0 Å². The van der Waals surface area contributed by atoms with Gasteiger partial charge in [-0.2, -0.15) is 0 Å². The first-order valence-corrected chi connectivity index (χ1v) is 9.93. The minimum Gasteiger partial charge on any atom is -0.326 e. The van der Waals surface area contributed by atoms with E-state index in [2.05, 4.69) is 41.4 Å². The fourth-order valence-corrected chi connectivity index (χ4v) is 3.98. The summed E-state index contributed by atoms with van der Waals surface area (Å²) in [5.74, 6) is 1.60. The molecule has 28 heavy (non-hydrogen) atoms. The molecule has 1 heterocycles. The second kappa shape index (κ2) is 8.95. The number of aromatic nitrogens is 2. The van der Waals surface area contributed by atoms with Crippen LogP contribution in [-0.4, -0.2) is 21.8 Å². The van der Waals surface area contributed by atoms with Crippen molar-refractivity contribution in [3.05, 3.63) is 48.3 Å². The van der Waals surface area contributed by atoms with Crippen molar-refractivity contribution in [3.8, 4) is 0 Å². The predicted octanol–water partition coefficient (Wildman–Crippen LogP) is 4.38. The summed E-state index contributed by atoms with van der Waals surface area (Å²) in [4.78, 5) is 33.1. The SMILES string of the molecule is CC1CCC(C(C)C)C(C(=O)Nc2ccc(C(=O)Nc3ncccn3)cc2)C1. The Balaban J connectivity index is 1.63. The van der Waals surface area contributed by atoms with Crippen LogP contribution < -0.4 is 10.6 Å². The summed E-state index contributed by atoms with van der Waals surface area (Å²) in [6, 6.07) is 8.59. The molecule has 1 fully saturated rings. The van der Waals surface area contributed by atoms with Crippen molar-refractivity contribution >= 4 is 23.5 Å².